The number of anilines is 1. The number of nitrogens with one attached hydrogen (secondary N) is 1. The second-order valence-electron chi connectivity index (χ2n) is 6.98. The highest BCUT2D eigenvalue weighted by molar-refractivity contribution is 5.91. The van der Waals surface area contributed by atoms with Gasteiger partial charge in [-0.2, -0.15) is 0 Å². The van der Waals surface area contributed by atoms with E-state index in [1.165, 1.54) is 0 Å². The van der Waals surface area contributed by atoms with Gasteiger partial charge in [0, 0.05) is 18.2 Å². The SMILES string of the molecule is C.Cc1ccc2nc(NC(=O)CC(C)(C)C)n(C(C)C)c2n1. The summed E-state index contributed by atoms with van der Waals surface area (Å²) in [5.41, 5.74) is 2.52. The first-order valence-electron chi connectivity index (χ1n) is 7.33. The molecular formula is C17H28N4O. The number of pyridine rings is 1. The Morgan fingerprint density at radius 2 is 1.91 bits per heavy atom. The van der Waals surface area contributed by atoms with Gasteiger partial charge in [-0.1, -0.05) is 28.2 Å². The molecule has 0 atom stereocenters. The highest BCUT2D eigenvalue weighted by Crippen LogP contribution is 2.25. The van der Waals surface area contributed by atoms with Gasteiger partial charge in [0.1, 0.15) is 5.52 Å². The number of nitrogens with zero attached hydrogens (tertiary/aromatic N) is 3. The van der Waals surface area contributed by atoms with E-state index in [0.717, 1.165) is 16.9 Å². The summed E-state index contributed by atoms with van der Waals surface area (Å²) in [7, 11) is 0. The van der Waals surface area contributed by atoms with Crippen LogP contribution in [-0.4, -0.2) is 20.4 Å². The zero-order valence-corrected chi connectivity index (χ0v) is 13.7. The Balaban J connectivity index is 0.00000242. The van der Waals surface area contributed by atoms with Crippen molar-refractivity contribution >= 4 is 23.0 Å². The van der Waals surface area contributed by atoms with Crippen molar-refractivity contribution < 1.29 is 4.79 Å². The van der Waals surface area contributed by atoms with Gasteiger partial charge in [-0.25, -0.2) is 9.97 Å². The molecule has 0 bridgehead atoms. The molecule has 22 heavy (non-hydrogen) atoms. The third kappa shape index (κ3) is 4.06. The standard InChI is InChI=1S/C16H24N4O.CH4/c1-10(2)20-14-12(8-7-11(3)17-14)18-15(20)19-13(21)9-16(4,5)6;/h7-8,10H,9H2,1-6H3,(H,18,19,21);1H4. The molecule has 0 fully saturated rings. The summed E-state index contributed by atoms with van der Waals surface area (Å²) in [6.07, 6.45) is 0.459. The second kappa shape index (κ2) is 6.46. The molecular weight excluding hydrogens is 276 g/mol. The third-order valence-electron chi connectivity index (χ3n) is 3.13. The number of imidazole rings is 1. The summed E-state index contributed by atoms with van der Waals surface area (Å²) in [6.45, 7) is 12.2. The number of rotatable bonds is 3. The van der Waals surface area contributed by atoms with Gasteiger partial charge in [0.15, 0.2) is 5.65 Å². The first-order chi connectivity index (χ1) is 9.67. The van der Waals surface area contributed by atoms with Crippen LogP contribution in [0.4, 0.5) is 5.95 Å². The molecule has 1 amide bonds. The van der Waals surface area contributed by atoms with Crippen LogP contribution in [0.15, 0.2) is 12.1 Å². The molecule has 5 nitrogen and oxygen atoms in total. The minimum Gasteiger partial charge on any atom is -0.296 e. The van der Waals surface area contributed by atoms with Gasteiger partial charge in [0.25, 0.3) is 0 Å². The van der Waals surface area contributed by atoms with E-state index < -0.39 is 0 Å². The number of aryl methyl sites for hydroxylation is 1. The van der Waals surface area contributed by atoms with Crippen LogP contribution < -0.4 is 5.32 Å². The molecule has 2 rings (SSSR count). The Bertz CT molecular complexity index is 665. The number of carbonyl (C=O) groups is 1. The van der Waals surface area contributed by atoms with Crippen LogP contribution in [-0.2, 0) is 4.79 Å². The minimum atomic E-state index is -0.0480. The van der Waals surface area contributed by atoms with Crippen molar-refractivity contribution in [1.29, 1.82) is 0 Å². The lowest BCUT2D eigenvalue weighted by molar-refractivity contribution is -0.117. The van der Waals surface area contributed by atoms with E-state index in [0.29, 0.717) is 12.4 Å². The van der Waals surface area contributed by atoms with Crippen LogP contribution >= 0.6 is 0 Å². The Hall–Kier alpha value is -1.91. The van der Waals surface area contributed by atoms with Crippen molar-refractivity contribution in [3.63, 3.8) is 0 Å². The number of aromatic nitrogens is 3. The van der Waals surface area contributed by atoms with Crippen LogP contribution in [0.2, 0.25) is 0 Å². The van der Waals surface area contributed by atoms with E-state index >= 15 is 0 Å². The van der Waals surface area contributed by atoms with Gasteiger partial charge in [-0.15, -0.1) is 0 Å². The molecule has 2 heterocycles. The predicted molar refractivity (Wildman–Crippen MR) is 92.1 cm³/mol. The molecule has 2 aromatic heterocycles. The lowest BCUT2D eigenvalue weighted by Gasteiger charge is -2.18. The Morgan fingerprint density at radius 3 is 2.45 bits per heavy atom. The fourth-order valence-corrected chi connectivity index (χ4v) is 2.30. The zero-order chi connectivity index (χ0) is 15.8. The quantitative estimate of drug-likeness (QED) is 0.918. The van der Waals surface area contributed by atoms with Crippen LogP contribution in [0.1, 0.15) is 60.2 Å². The van der Waals surface area contributed by atoms with E-state index in [2.05, 4.69) is 29.1 Å². The number of carbonyl (C=O) groups excluding carboxylic acids is 1. The summed E-state index contributed by atoms with van der Waals surface area (Å²) in [6, 6.07) is 4.05. The van der Waals surface area contributed by atoms with Gasteiger partial charge in [0.2, 0.25) is 11.9 Å². The van der Waals surface area contributed by atoms with Crippen molar-refractivity contribution in [3.05, 3.63) is 17.8 Å². The molecule has 1 N–H and O–H groups in total. The molecule has 0 unspecified atom stereocenters. The molecule has 0 saturated carbocycles. The molecule has 2 aromatic rings. The summed E-state index contributed by atoms with van der Waals surface area (Å²) >= 11 is 0. The zero-order valence-electron chi connectivity index (χ0n) is 13.7. The number of amides is 1. The van der Waals surface area contributed by atoms with Crippen LogP contribution in [0, 0.1) is 12.3 Å². The van der Waals surface area contributed by atoms with Gasteiger partial charge in [-0.05, 0) is 38.3 Å². The maximum Gasteiger partial charge on any atom is 0.227 e. The Morgan fingerprint density at radius 1 is 1.27 bits per heavy atom. The largest absolute Gasteiger partial charge is 0.296 e. The van der Waals surface area contributed by atoms with E-state index in [9.17, 15) is 4.79 Å². The van der Waals surface area contributed by atoms with Crippen molar-refractivity contribution in [3.8, 4) is 0 Å². The smallest absolute Gasteiger partial charge is 0.227 e. The Kier molecular flexibility index (Phi) is 5.33. The fraction of sp³-hybridized carbons (Fsp3) is 0.588. The van der Waals surface area contributed by atoms with E-state index in [-0.39, 0.29) is 24.8 Å². The van der Waals surface area contributed by atoms with E-state index in [1.807, 2.05) is 44.4 Å². The van der Waals surface area contributed by atoms with Crippen molar-refractivity contribution in [2.45, 2.75) is 61.4 Å². The normalized spacial score (nSPS) is 11.6. The molecule has 122 valence electrons. The topological polar surface area (TPSA) is 59.8 Å². The first kappa shape index (κ1) is 18.1. The molecule has 0 spiro atoms. The maximum atomic E-state index is 12.2. The lowest BCUT2D eigenvalue weighted by atomic mass is 9.92. The van der Waals surface area contributed by atoms with Crippen LogP contribution in [0.5, 0.6) is 0 Å². The lowest BCUT2D eigenvalue weighted by Crippen LogP contribution is -2.22. The monoisotopic (exact) mass is 304 g/mol. The maximum absolute atomic E-state index is 12.2. The van der Waals surface area contributed by atoms with Crippen molar-refractivity contribution in [1.82, 2.24) is 14.5 Å². The molecule has 0 saturated heterocycles. The summed E-state index contributed by atoms with van der Waals surface area (Å²) in [5.74, 6) is 0.559. The molecule has 0 aliphatic heterocycles. The van der Waals surface area contributed by atoms with Gasteiger partial charge < -0.3 is 0 Å². The molecule has 5 heteroatoms. The van der Waals surface area contributed by atoms with Crippen molar-refractivity contribution in [2.24, 2.45) is 5.41 Å². The van der Waals surface area contributed by atoms with E-state index in [4.69, 9.17) is 0 Å². The summed E-state index contributed by atoms with van der Waals surface area (Å²) in [5, 5.41) is 2.93. The second-order valence-corrected chi connectivity index (χ2v) is 6.98. The number of hydrogen-bond acceptors (Lipinski definition) is 3. The van der Waals surface area contributed by atoms with Crippen molar-refractivity contribution in [2.75, 3.05) is 5.32 Å². The highest BCUT2D eigenvalue weighted by atomic mass is 16.1. The van der Waals surface area contributed by atoms with Crippen LogP contribution in [0.3, 0.4) is 0 Å². The number of hydrogen-bond donors (Lipinski definition) is 1. The summed E-state index contributed by atoms with van der Waals surface area (Å²) in [4.78, 5) is 21.2. The minimum absolute atomic E-state index is 0. The van der Waals surface area contributed by atoms with Gasteiger partial charge >= 0.3 is 0 Å². The summed E-state index contributed by atoms with van der Waals surface area (Å²) < 4.78 is 1.98. The first-order valence-corrected chi connectivity index (χ1v) is 7.33. The predicted octanol–water partition coefficient (Wildman–Crippen LogP) is 4.33. The number of fused-ring (bicyclic) bond motifs is 1. The third-order valence-corrected chi connectivity index (χ3v) is 3.13. The van der Waals surface area contributed by atoms with E-state index in [1.54, 1.807) is 0 Å². The fourth-order valence-electron chi connectivity index (χ4n) is 2.30. The molecule has 0 aliphatic carbocycles. The molecule has 0 radical (unpaired) electrons. The average Bonchev–Trinajstić information content (AvgIpc) is 2.63. The Labute approximate surface area is 133 Å². The molecule has 0 aliphatic rings. The van der Waals surface area contributed by atoms with Gasteiger partial charge in [-0.3, -0.25) is 14.7 Å². The molecule has 0 aromatic carbocycles. The average molecular weight is 304 g/mol. The van der Waals surface area contributed by atoms with Crippen LogP contribution in [0.25, 0.3) is 11.2 Å². The highest BCUT2D eigenvalue weighted by Gasteiger charge is 2.20. The van der Waals surface area contributed by atoms with Gasteiger partial charge in [0.05, 0.1) is 0 Å².